The van der Waals surface area contributed by atoms with Gasteiger partial charge in [-0.1, -0.05) is 39.8 Å². The molecular weight excluding hydrogens is 206 g/mol. The van der Waals surface area contributed by atoms with Gasteiger partial charge in [0.1, 0.15) is 0 Å². The number of nitro groups is 1. The third-order valence-electron chi connectivity index (χ3n) is 1.48. The molecule has 1 rings (SSSR count). The van der Waals surface area contributed by atoms with Crippen LogP contribution in [0.1, 0.15) is 45.0 Å². The van der Waals surface area contributed by atoms with E-state index in [0.29, 0.717) is 0 Å². The fourth-order valence-corrected chi connectivity index (χ4v) is 0.931. The zero-order valence-electron chi connectivity index (χ0n) is 10.5. The topological polar surface area (TPSA) is 60.2 Å². The number of rotatable bonds is 2. The van der Waals surface area contributed by atoms with Crippen molar-refractivity contribution in [3.8, 4) is 0 Å². The van der Waals surface area contributed by atoms with Gasteiger partial charge in [0.2, 0.25) is 0 Å². The minimum absolute atomic E-state index is 0.134. The van der Waals surface area contributed by atoms with Crippen LogP contribution in [-0.4, -0.2) is 10.7 Å². The number of hydrogen-bond donors (Lipinski definition) is 0. The van der Waals surface area contributed by atoms with E-state index in [4.69, 9.17) is 0 Å². The summed E-state index contributed by atoms with van der Waals surface area (Å²) in [4.78, 5) is 20.7. The molecule has 0 heterocycles. The molecule has 0 fully saturated rings. The summed E-state index contributed by atoms with van der Waals surface area (Å²) in [6.07, 6.45) is 0. The van der Waals surface area contributed by atoms with Crippen LogP contribution < -0.4 is 0 Å². The highest BCUT2D eigenvalue weighted by molar-refractivity contribution is 5.97. The molecule has 0 atom stereocenters. The van der Waals surface area contributed by atoms with Crippen molar-refractivity contribution in [1.29, 1.82) is 0 Å². The van der Waals surface area contributed by atoms with Crippen LogP contribution in [0, 0.1) is 10.1 Å². The first-order valence-corrected chi connectivity index (χ1v) is 5.37. The van der Waals surface area contributed by atoms with E-state index in [-0.39, 0.29) is 17.0 Å². The molecule has 0 saturated heterocycles. The zero-order valence-corrected chi connectivity index (χ0v) is 10.5. The summed E-state index contributed by atoms with van der Waals surface area (Å²) >= 11 is 0. The number of carbonyl (C=O) groups excluding carboxylic acids is 1. The maximum Gasteiger partial charge on any atom is 0.280 e. The first-order valence-electron chi connectivity index (χ1n) is 5.37. The molecule has 1 aromatic carbocycles. The number of nitrogens with zero attached hydrogens (tertiary/aromatic N) is 1. The molecule has 0 aliphatic heterocycles. The van der Waals surface area contributed by atoms with Gasteiger partial charge in [-0.25, -0.2) is 0 Å². The first kappa shape index (κ1) is 16.7. The van der Waals surface area contributed by atoms with Crippen LogP contribution >= 0.6 is 0 Å². The van der Waals surface area contributed by atoms with Crippen LogP contribution in [0.5, 0.6) is 0 Å². The van der Waals surface area contributed by atoms with E-state index in [2.05, 4.69) is 0 Å². The van der Waals surface area contributed by atoms with Crippen LogP contribution in [-0.2, 0) is 0 Å². The Hall–Kier alpha value is -1.71. The minimum Gasteiger partial charge on any atom is -0.294 e. The summed E-state index contributed by atoms with van der Waals surface area (Å²) in [6, 6.07) is 5.89. The molecule has 4 heteroatoms. The second-order valence-electron chi connectivity index (χ2n) is 2.33. The van der Waals surface area contributed by atoms with Crippen LogP contribution in [0.4, 0.5) is 5.69 Å². The lowest BCUT2D eigenvalue weighted by atomic mass is 10.1. The second-order valence-corrected chi connectivity index (χ2v) is 2.33. The molecule has 0 saturated carbocycles. The normalized spacial score (nSPS) is 7.81. The van der Waals surface area contributed by atoms with E-state index >= 15 is 0 Å². The van der Waals surface area contributed by atoms with Gasteiger partial charge >= 0.3 is 0 Å². The molecule has 0 bridgehead atoms. The lowest BCUT2D eigenvalue weighted by molar-refractivity contribution is -0.385. The highest BCUT2D eigenvalue weighted by Crippen LogP contribution is 2.17. The quantitative estimate of drug-likeness (QED) is 0.436. The van der Waals surface area contributed by atoms with Gasteiger partial charge in [-0.3, -0.25) is 14.9 Å². The monoisotopic (exact) mass is 225 g/mol. The maximum absolute atomic E-state index is 10.9. The minimum atomic E-state index is -0.559. The van der Waals surface area contributed by atoms with E-state index < -0.39 is 4.92 Å². The second kappa shape index (κ2) is 9.83. The van der Waals surface area contributed by atoms with E-state index in [1.807, 2.05) is 27.7 Å². The summed E-state index contributed by atoms with van der Waals surface area (Å²) in [6.45, 7) is 9.31. The molecule has 0 aromatic heterocycles. The predicted molar refractivity (Wildman–Crippen MR) is 65.8 cm³/mol. The van der Waals surface area contributed by atoms with Crippen molar-refractivity contribution < 1.29 is 9.72 Å². The van der Waals surface area contributed by atoms with E-state index in [0.717, 1.165) is 0 Å². The van der Waals surface area contributed by atoms with Crippen LogP contribution in [0.3, 0.4) is 0 Å². The van der Waals surface area contributed by atoms with Gasteiger partial charge in [-0.05, 0) is 13.0 Å². The Labute approximate surface area is 96.4 Å². The fraction of sp³-hybridized carbons (Fsp3) is 0.417. The molecule has 0 radical (unpaired) electrons. The largest absolute Gasteiger partial charge is 0.294 e. The Morgan fingerprint density at radius 2 is 1.56 bits per heavy atom. The predicted octanol–water partition coefficient (Wildman–Crippen LogP) is 3.85. The van der Waals surface area contributed by atoms with Gasteiger partial charge in [0.15, 0.2) is 5.78 Å². The van der Waals surface area contributed by atoms with Crippen molar-refractivity contribution in [2.75, 3.05) is 0 Å². The van der Waals surface area contributed by atoms with Crippen molar-refractivity contribution in [2.24, 2.45) is 0 Å². The highest BCUT2D eigenvalue weighted by Gasteiger charge is 2.14. The number of carbonyl (C=O) groups is 1. The standard InChI is InChI=1S/C8H7NO3.2C2H6/c1-6(10)7-4-2-3-5-8(7)9(11)12;2*1-2/h2-5H,1H3;2*1-2H3. The van der Waals surface area contributed by atoms with Gasteiger partial charge in [0.05, 0.1) is 10.5 Å². The Morgan fingerprint density at radius 1 is 1.12 bits per heavy atom. The molecule has 4 nitrogen and oxygen atoms in total. The molecule has 16 heavy (non-hydrogen) atoms. The van der Waals surface area contributed by atoms with Gasteiger partial charge < -0.3 is 0 Å². The Bertz CT molecular complexity index is 302. The van der Waals surface area contributed by atoms with Crippen molar-refractivity contribution in [2.45, 2.75) is 34.6 Å². The average Bonchev–Trinajstić information content (AvgIpc) is 2.34. The zero-order chi connectivity index (χ0) is 13.1. The summed E-state index contributed by atoms with van der Waals surface area (Å²) in [5.41, 5.74) is 0.0208. The summed E-state index contributed by atoms with van der Waals surface area (Å²) in [5, 5.41) is 10.4. The molecule has 90 valence electrons. The number of hydrogen-bond acceptors (Lipinski definition) is 3. The summed E-state index contributed by atoms with van der Waals surface area (Å²) in [5.74, 6) is -0.290. The Balaban J connectivity index is 0. The van der Waals surface area contributed by atoms with Gasteiger partial charge in [0.25, 0.3) is 5.69 Å². The third kappa shape index (κ3) is 5.24. The average molecular weight is 225 g/mol. The van der Waals surface area contributed by atoms with Crippen molar-refractivity contribution in [1.82, 2.24) is 0 Å². The molecule has 0 aliphatic carbocycles. The van der Waals surface area contributed by atoms with Crippen molar-refractivity contribution >= 4 is 11.5 Å². The number of benzene rings is 1. The molecule has 1 aromatic rings. The lowest BCUT2D eigenvalue weighted by Crippen LogP contribution is -1.98. The molecular formula is C12H19NO3. The highest BCUT2D eigenvalue weighted by atomic mass is 16.6. The number of para-hydroxylation sites is 1. The third-order valence-corrected chi connectivity index (χ3v) is 1.48. The number of nitro benzene ring substituents is 1. The fourth-order valence-electron chi connectivity index (χ4n) is 0.931. The van der Waals surface area contributed by atoms with Gasteiger partial charge in [0, 0.05) is 6.07 Å². The smallest absolute Gasteiger partial charge is 0.280 e. The van der Waals surface area contributed by atoms with E-state index in [1.165, 1.54) is 25.1 Å². The first-order chi connectivity index (χ1) is 7.63. The number of Topliss-reactive ketones (excluding diaryl/α,β-unsaturated/α-hetero) is 1. The molecule has 0 spiro atoms. The van der Waals surface area contributed by atoms with Crippen LogP contribution in [0.15, 0.2) is 24.3 Å². The molecule has 0 amide bonds. The molecule has 0 aliphatic rings. The number of ketones is 1. The van der Waals surface area contributed by atoms with Crippen LogP contribution in [0.25, 0.3) is 0 Å². The van der Waals surface area contributed by atoms with E-state index in [9.17, 15) is 14.9 Å². The Kier molecular flexibility index (Phi) is 10.3. The van der Waals surface area contributed by atoms with Crippen molar-refractivity contribution in [3.05, 3.63) is 39.9 Å². The van der Waals surface area contributed by atoms with Crippen molar-refractivity contribution in [3.63, 3.8) is 0 Å². The molecule has 0 unspecified atom stereocenters. The maximum atomic E-state index is 10.9. The summed E-state index contributed by atoms with van der Waals surface area (Å²) in [7, 11) is 0. The van der Waals surface area contributed by atoms with Crippen LogP contribution in [0.2, 0.25) is 0 Å². The SMILES string of the molecule is CC.CC.CC(=O)c1ccccc1[N+](=O)[O-]. The van der Waals surface area contributed by atoms with Gasteiger partial charge in [-0.15, -0.1) is 0 Å². The molecule has 0 N–H and O–H groups in total. The summed E-state index contributed by atoms with van der Waals surface area (Å²) < 4.78 is 0. The Morgan fingerprint density at radius 3 is 1.88 bits per heavy atom. The van der Waals surface area contributed by atoms with Gasteiger partial charge in [-0.2, -0.15) is 0 Å². The lowest BCUT2D eigenvalue weighted by Gasteiger charge is -1.95. The van der Waals surface area contributed by atoms with E-state index in [1.54, 1.807) is 6.07 Å².